The van der Waals surface area contributed by atoms with Gasteiger partial charge in [-0.2, -0.15) is 0 Å². The van der Waals surface area contributed by atoms with E-state index in [1.807, 2.05) is 6.08 Å². The van der Waals surface area contributed by atoms with E-state index < -0.39 is 0 Å². The maximum absolute atomic E-state index is 3.86. The summed E-state index contributed by atoms with van der Waals surface area (Å²) in [5, 5.41) is 0.727. The second-order valence-corrected chi connectivity index (χ2v) is 5.87. The van der Waals surface area contributed by atoms with Crippen LogP contribution in [0.1, 0.15) is 33.6 Å². The van der Waals surface area contributed by atoms with Crippen molar-refractivity contribution in [2.24, 2.45) is 5.92 Å². The monoisotopic (exact) mass is 225 g/mol. The Morgan fingerprint density at radius 3 is 2.73 bits per heavy atom. The smallest absolute Gasteiger partial charge is 0.0265 e. The minimum atomic E-state index is 0.727. The van der Waals surface area contributed by atoms with Crippen LogP contribution in [0.3, 0.4) is 0 Å². The molecule has 0 aliphatic carbocycles. The zero-order valence-electron chi connectivity index (χ0n) is 10.4. The molecule has 0 amide bonds. The van der Waals surface area contributed by atoms with Crippen molar-refractivity contribution in [1.82, 2.24) is 4.90 Å². The summed E-state index contributed by atoms with van der Waals surface area (Å²) >= 11 is 2.06. The molecule has 0 saturated carbocycles. The van der Waals surface area contributed by atoms with Crippen molar-refractivity contribution < 1.29 is 0 Å². The van der Waals surface area contributed by atoms with Gasteiger partial charge in [0.1, 0.15) is 0 Å². The van der Waals surface area contributed by atoms with Crippen LogP contribution in [0.4, 0.5) is 0 Å². The van der Waals surface area contributed by atoms with Gasteiger partial charge in [0.05, 0.1) is 0 Å². The fraction of sp³-hybridized carbons (Fsp3) is 0.692. The van der Waals surface area contributed by atoms with Gasteiger partial charge in [0.2, 0.25) is 0 Å². The third kappa shape index (κ3) is 3.04. The molecule has 2 unspecified atom stereocenters. The van der Waals surface area contributed by atoms with Crippen LogP contribution in [0, 0.1) is 5.92 Å². The van der Waals surface area contributed by atoms with Crippen LogP contribution in [0.15, 0.2) is 23.3 Å². The van der Waals surface area contributed by atoms with Crippen LogP contribution in [0.5, 0.6) is 0 Å². The molecular weight excluding hydrogens is 202 g/mol. The van der Waals surface area contributed by atoms with E-state index >= 15 is 0 Å². The van der Waals surface area contributed by atoms with Crippen molar-refractivity contribution in [1.29, 1.82) is 0 Å². The van der Waals surface area contributed by atoms with E-state index in [4.69, 9.17) is 0 Å². The molecule has 1 aliphatic heterocycles. The van der Waals surface area contributed by atoms with E-state index in [0.29, 0.717) is 0 Å². The summed E-state index contributed by atoms with van der Waals surface area (Å²) in [6, 6.07) is 0. The topological polar surface area (TPSA) is 3.24 Å². The van der Waals surface area contributed by atoms with Crippen molar-refractivity contribution in [2.45, 2.75) is 38.9 Å². The minimum Gasteiger partial charge on any atom is -0.377 e. The lowest BCUT2D eigenvalue weighted by molar-refractivity contribution is 0.344. The van der Waals surface area contributed by atoms with Gasteiger partial charge >= 0.3 is 0 Å². The highest BCUT2D eigenvalue weighted by Gasteiger charge is 2.23. The Kier molecular flexibility index (Phi) is 4.78. The highest BCUT2D eigenvalue weighted by atomic mass is 32.2. The molecule has 0 N–H and O–H groups in total. The van der Waals surface area contributed by atoms with Gasteiger partial charge in [-0.25, -0.2) is 0 Å². The van der Waals surface area contributed by atoms with Crippen molar-refractivity contribution in [3.8, 4) is 0 Å². The largest absolute Gasteiger partial charge is 0.377 e. The van der Waals surface area contributed by atoms with Gasteiger partial charge in [-0.3, -0.25) is 0 Å². The third-order valence-corrected chi connectivity index (χ3v) is 4.78. The van der Waals surface area contributed by atoms with Crippen LogP contribution in [-0.2, 0) is 0 Å². The molecule has 2 heteroatoms. The quantitative estimate of drug-likeness (QED) is 0.670. The molecule has 1 aliphatic rings. The summed E-state index contributed by atoms with van der Waals surface area (Å²) in [5.74, 6) is 0.754. The van der Waals surface area contributed by atoms with E-state index in [1.165, 1.54) is 12.2 Å². The van der Waals surface area contributed by atoms with E-state index in [0.717, 1.165) is 24.0 Å². The fourth-order valence-electron chi connectivity index (χ4n) is 2.01. The SMILES string of the molecule is C=CCC1=C(CC)SC(C)C(C)CN1C. The predicted octanol–water partition coefficient (Wildman–Crippen LogP) is 3.89. The van der Waals surface area contributed by atoms with Gasteiger partial charge in [0.15, 0.2) is 0 Å². The molecular formula is C13H23NS. The summed E-state index contributed by atoms with van der Waals surface area (Å²) in [4.78, 5) is 3.97. The summed E-state index contributed by atoms with van der Waals surface area (Å²) in [5.41, 5.74) is 1.48. The van der Waals surface area contributed by atoms with Gasteiger partial charge in [0.25, 0.3) is 0 Å². The molecule has 1 nitrogen and oxygen atoms in total. The molecule has 0 aromatic carbocycles. The maximum Gasteiger partial charge on any atom is 0.0265 e. The van der Waals surface area contributed by atoms with Crippen LogP contribution in [0.25, 0.3) is 0 Å². The van der Waals surface area contributed by atoms with Crippen LogP contribution in [0.2, 0.25) is 0 Å². The second kappa shape index (κ2) is 5.64. The van der Waals surface area contributed by atoms with E-state index in [2.05, 4.69) is 51.1 Å². The van der Waals surface area contributed by atoms with Crippen molar-refractivity contribution in [2.75, 3.05) is 13.6 Å². The first-order valence-corrected chi connectivity index (χ1v) is 6.68. The predicted molar refractivity (Wildman–Crippen MR) is 71.0 cm³/mol. The lowest BCUT2D eigenvalue weighted by Crippen LogP contribution is -2.25. The Labute approximate surface area is 98.6 Å². The Balaban J connectivity index is 2.94. The molecule has 0 aromatic heterocycles. The number of rotatable bonds is 3. The number of nitrogens with zero attached hydrogens (tertiary/aromatic N) is 1. The normalized spacial score (nSPS) is 27.9. The standard InChI is InChI=1S/C13H23NS/c1-6-8-12-13(7-2)15-11(4)10(3)9-14(12)5/h6,10-11H,1,7-9H2,2-5H3. The molecule has 15 heavy (non-hydrogen) atoms. The highest BCUT2D eigenvalue weighted by Crippen LogP contribution is 2.36. The summed E-state index contributed by atoms with van der Waals surface area (Å²) in [7, 11) is 2.21. The Bertz CT molecular complexity index is 257. The first-order valence-electron chi connectivity index (χ1n) is 5.80. The van der Waals surface area contributed by atoms with Gasteiger partial charge in [0, 0.05) is 35.9 Å². The summed E-state index contributed by atoms with van der Waals surface area (Å²) < 4.78 is 0. The maximum atomic E-state index is 3.86. The molecule has 0 radical (unpaired) electrons. The number of hydrogen-bond donors (Lipinski definition) is 0. The van der Waals surface area contributed by atoms with Crippen LogP contribution < -0.4 is 0 Å². The average Bonchev–Trinajstić information content (AvgIpc) is 2.30. The molecule has 0 spiro atoms. The third-order valence-electron chi connectivity index (χ3n) is 3.13. The first-order chi connectivity index (χ1) is 7.10. The zero-order valence-corrected chi connectivity index (χ0v) is 11.2. The Morgan fingerprint density at radius 1 is 1.53 bits per heavy atom. The lowest BCUT2D eigenvalue weighted by Gasteiger charge is -2.24. The average molecular weight is 225 g/mol. The van der Waals surface area contributed by atoms with Gasteiger partial charge in [-0.15, -0.1) is 18.3 Å². The second-order valence-electron chi connectivity index (χ2n) is 4.40. The van der Waals surface area contributed by atoms with Crippen molar-refractivity contribution in [3.05, 3.63) is 23.3 Å². The van der Waals surface area contributed by atoms with Gasteiger partial charge in [-0.1, -0.05) is 26.8 Å². The molecule has 2 atom stereocenters. The number of allylic oxidation sites excluding steroid dienone is 2. The molecule has 0 aromatic rings. The van der Waals surface area contributed by atoms with E-state index in [-0.39, 0.29) is 0 Å². The number of hydrogen-bond acceptors (Lipinski definition) is 2. The molecule has 1 rings (SSSR count). The van der Waals surface area contributed by atoms with Crippen LogP contribution in [-0.4, -0.2) is 23.7 Å². The molecule has 86 valence electrons. The van der Waals surface area contributed by atoms with Gasteiger partial charge in [-0.05, 0) is 12.3 Å². The Hall–Kier alpha value is -0.370. The zero-order chi connectivity index (χ0) is 11.4. The van der Waals surface area contributed by atoms with Crippen molar-refractivity contribution in [3.63, 3.8) is 0 Å². The van der Waals surface area contributed by atoms with E-state index in [1.54, 1.807) is 4.91 Å². The van der Waals surface area contributed by atoms with E-state index in [9.17, 15) is 0 Å². The molecule has 1 heterocycles. The highest BCUT2D eigenvalue weighted by molar-refractivity contribution is 8.03. The molecule has 0 saturated heterocycles. The lowest BCUT2D eigenvalue weighted by atomic mass is 10.1. The summed E-state index contributed by atoms with van der Waals surface area (Å²) in [6.45, 7) is 12.0. The van der Waals surface area contributed by atoms with Gasteiger partial charge < -0.3 is 4.90 Å². The first kappa shape index (κ1) is 12.7. The minimum absolute atomic E-state index is 0.727. The molecule has 0 bridgehead atoms. The summed E-state index contributed by atoms with van der Waals surface area (Å²) in [6.07, 6.45) is 4.17. The van der Waals surface area contributed by atoms with Crippen molar-refractivity contribution >= 4 is 11.8 Å². The van der Waals surface area contributed by atoms with Crippen LogP contribution >= 0.6 is 11.8 Å². The number of thioether (sulfide) groups is 1. The molecule has 0 fully saturated rings. The Morgan fingerprint density at radius 2 is 2.20 bits per heavy atom. The fourth-order valence-corrected chi connectivity index (χ4v) is 3.31.